The molecule has 6 heteroatoms. The van der Waals surface area contributed by atoms with Crippen LogP contribution in [0.1, 0.15) is 38.7 Å². The van der Waals surface area contributed by atoms with Gasteiger partial charge in [0.2, 0.25) is 10.0 Å². The van der Waals surface area contributed by atoms with Crippen LogP contribution in [0.2, 0.25) is 0 Å². The van der Waals surface area contributed by atoms with Gasteiger partial charge in [-0.3, -0.25) is 0 Å². The van der Waals surface area contributed by atoms with Crippen LogP contribution >= 0.6 is 0 Å². The number of primary sulfonamides is 1. The fraction of sp³-hybridized carbons (Fsp3) is 0.333. The second-order valence-electron chi connectivity index (χ2n) is 6.88. The third kappa shape index (κ3) is 3.88. The molecule has 6 N–H and O–H groups in total. The molecule has 0 bridgehead atoms. The average molecular weight is 347 g/mol. The van der Waals surface area contributed by atoms with Gasteiger partial charge in [0.15, 0.2) is 0 Å². The number of nitrogen functional groups attached to an aromatic ring is 2. The van der Waals surface area contributed by atoms with Crippen molar-refractivity contribution in [1.82, 2.24) is 0 Å². The van der Waals surface area contributed by atoms with Gasteiger partial charge in [-0.1, -0.05) is 37.3 Å². The van der Waals surface area contributed by atoms with Gasteiger partial charge in [-0.2, -0.15) is 0 Å². The number of nitrogens with two attached hydrogens (primary N) is 3. The molecule has 0 aromatic heterocycles. The number of rotatable bonds is 5. The van der Waals surface area contributed by atoms with Crippen molar-refractivity contribution >= 4 is 21.4 Å². The molecule has 0 fully saturated rings. The van der Waals surface area contributed by atoms with Crippen molar-refractivity contribution in [2.75, 3.05) is 11.5 Å². The monoisotopic (exact) mass is 347 g/mol. The third-order valence-electron chi connectivity index (χ3n) is 4.47. The Morgan fingerprint density at radius 1 is 0.958 bits per heavy atom. The Hall–Kier alpha value is -2.05. The molecule has 0 saturated heterocycles. The van der Waals surface area contributed by atoms with Gasteiger partial charge >= 0.3 is 0 Å². The van der Waals surface area contributed by atoms with E-state index in [4.69, 9.17) is 16.6 Å². The summed E-state index contributed by atoms with van der Waals surface area (Å²) in [7, 11) is -3.59. The first-order chi connectivity index (χ1) is 11.0. The Kier molecular flexibility index (Phi) is 4.92. The molecule has 0 heterocycles. The Morgan fingerprint density at radius 2 is 1.50 bits per heavy atom. The molecule has 0 unspecified atom stereocenters. The highest BCUT2D eigenvalue weighted by molar-refractivity contribution is 7.90. The zero-order chi connectivity index (χ0) is 18.1. The van der Waals surface area contributed by atoms with Crippen LogP contribution < -0.4 is 16.6 Å². The maximum absolute atomic E-state index is 11.7. The third-order valence-corrected chi connectivity index (χ3v) is 6.17. The maximum atomic E-state index is 11.7. The predicted octanol–water partition coefficient (Wildman–Crippen LogP) is 3.08. The van der Waals surface area contributed by atoms with Crippen LogP contribution in [-0.4, -0.2) is 13.2 Å². The van der Waals surface area contributed by atoms with E-state index in [-0.39, 0.29) is 5.92 Å². The molecule has 0 aliphatic heterocycles. The molecule has 0 amide bonds. The van der Waals surface area contributed by atoms with Crippen molar-refractivity contribution in [2.24, 2.45) is 5.14 Å². The molecule has 5 nitrogen and oxygen atoms in total. The predicted molar refractivity (Wildman–Crippen MR) is 101 cm³/mol. The first-order valence-corrected chi connectivity index (χ1v) is 9.33. The van der Waals surface area contributed by atoms with Crippen molar-refractivity contribution in [1.29, 1.82) is 0 Å². The molecular formula is C18H25N3O2S. The highest BCUT2D eigenvalue weighted by Crippen LogP contribution is 2.31. The lowest BCUT2D eigenvalue weighted by atomic mass is 9.90. The molecular weight excluding hydrogens is 322 g/mol. The summed E-state index contributed by atoms with van der Waals surface area (Å²) in [5, 5.41) is 5.32. The quantitative estimate of drug-likeness (QED) is 0.721. The summed E-state index contributed by atoms with van der Waals surface area (Å²) in [6.07, 6.45) is 0.458. The minimum Gasteiger partial charge on any atom is -0.397 e. The number of hydrogen-bond donors (Lipinski definition) is 3. The molecule has 0 radical (unpaired) electrons. The summed E-state index contributed by atoms with van der Waals surface area (Å²) in [4.78, 5) is 0. The molecule has 2 rings (SSSR count). The molecule has 24 heavy (non-hydrogen) atoms. The molecule has 2 aromatic rings. The average Bonchev–Trinajstić information content (AvgIpc) is 2.48. The summed E-state index contributed by atoms with van der Waals surface area (Å²) >= 11 is 0. The van der Waals surface area contributed by atoms with Gasteiger partial charge < -0.3 is 11.5 Å². The lowest BCUT2D eigenvalue weighted by Gasteiger charge is -2.26. The minimum atomic E-state index is -3.59. The van der Waals surface area contributed by atoms with Crippen LogP contribution in [0.15, 0.2) is 42.5 Å². The van der Waals surface area contributed by atoms with Crippen molar-refractivity contribution in [3.05, 3.63) is 48.0 Å². The van der Waals surface area contributed by atoms with Crippen LogP contribution in [0.3, 0.4) is 0 Å². The van der Waals surface area contributed by atoms with Gasteiger partial charge in [-0.15, -0.1) is 0 Å². The number of sulfonamides is 1. The minimum absolute atomic E-state index is 0.0730. The normalized spacial score (nSPS) is 13.7. The zero-order valence-electron chi connectivity index (χ0n) is 14.3. The summed E-state index contributed by atoms with van der Waals surface area (Å²) in [5.74, 6) is 0.0730. The van der Waals surface area contributed by atoms with E-state index in [0.29, 0.717) is 17.8 Å². The molecule has 130 valence electrons. The number of anilines is 2. The summed E-state index contributed by atoms with van der Waals surface area (Å²) < 4.78 is 22.4. The van der Waals surface area contributed by atoms with E-state index in [1.54, 1.807) is 19.9 Å². The smallest absolute Gasteiger partial charge is 0.214 e. The largest absolute Gasteiger partial charge is 0.397 e. The van der Waals surface area contributed by atoms with E-state index in [2.05, 4.69) is 0 Å². The zero-order valence-corrected chi connectivity index (χ0v) is 15.1. The van der Waals surface area contributed by atoms with Gasteiger partial charge in [0, 0.05) is 0 Å². The lowest BCUT2D eigenvalue weighted by molar-refractivity contribution is 0.500. The number of benzene rings is 2. The Morgan fingerprint density at radius 3 is 2.00 bits per heavy atom. The topological polar surface area (TPSA) is 112 Å². The van der Waals surface area contributed by atoms with Crippen LogP contribution in [0.25, 0.3) is 11.1 Å². The van der Waals surface area contributed by atoms with Crippen LogP contribution in [0, 0.1) is 0 Å². The SMILES string of the molecule is C[C@H](CC(C)(C)S(N)(=O)=O)c1ccc(-c2ccc(N)c(N)c2)cc1. The van der Waals surface area contributed by atoms with E-state index in [1.807, 2.05) is 43.3 Å². The molecule has 0 aliphatic carbocycles. The fourth-order valence-electron chi connectivity index (χ4n) is 2.73. The van der Waals surface area contributed by atoms with Crippen LogP contribution in [0.5, 0.6) is 0 Å². The highest BCUT2D eigenvalue weighted by atomic mass is 32.2. The highest BCUT2D eigenvalue weighted by Gasteiger charge is 2.33. The van der Waals surface area contributed by atoms with Crippen molar-refractivity contribution in [3.8, 4) is 11.1 Å². The van der Waals surface area contributed by atoms with Gasteiger partial charge in [0.05, 0.1) is 16.1 Å². The van der Waals surface area contributed by atoms with Crippen LogP contribution in [-0.2, 0) is 10.0 Å². The van der Waals surface area contributed by atoms with Crippen molar-refractivity contribution in [3.63, 3.8) is 0 Å². The maximum Gasteiger partial charge on any atom is 0.214 e. The van der Waals surface area contributed by atoms with E-state index in [9.17, 15) is 8.42 Å². The fourth-order valence-corrected chi connectivity index (χ4v) is 3.21. The Balaban J connectivity index is 2.21. The first-order valence-electron chi connectivity index (χ1n) is 7.79. The van der Waals surface area contributed by atoms with Gasteiger partial charge in [-0.05, 0) is 55.0 Å². The Bertz CT molecular complexity index is 828. The lowest BCUT2D eigenvalue weighted by Crippen LogP contribution is -2.38. The van der Waals surface area contributed by atoms with E-state index >= 15 is 0 Å². The van der Waals surface area contributed by atoms with Crippen LogP contribution in [0.4, 0.5) is 11.4 Å². The van der Waals surface area contributed by atoms with Gasteiger partial charge in [-0.25, -0.2) is 13.6 Å². The standard InChI is InChI=1S/C18H25N3O2S/c1-12(11-18(2,3)24(21,22)23)13-4-6-14(7-5-13)15-8-9-16(19)17(20)10-15/h4-10,12H,11,19-20H2,1-3H3,(H2,21,22,23)/t12-/m1/s1. The number of hydrogen-bond acceptors (Lipinski definition) is 4. The molecule has 0 aliphatic rings. The first kappa shape index (κ1) is 18.3. The second kappa shape index (κ2) is 6.45. The summed E-state index contributed by atoms with van der Waals surface area (Å²) in [6, 6.07) is 13.6. The van der Waals surface area contributed by atoms with Gasteiger partial charge in [0.25, 0.3) is 0 Å². The summed E-state index contributed by atoms with van der Waals surface area (Å²) in [5.41, 5.74) is 15.8. The van der Waals surface area contributed by atoms with E-state index < -0.39 is 14.8 Å². The van der Waals surface area contributed by atoms with Crippen molar-refractivity contribution in [2.45, 2.75) is 37.9 Å². The second-order valence-corrected chi connectivity index (χ2v) is 9.07. The summed E-state index contributed by atoms with van der Waals surface area (Å²) in [6.45, 7) is 5.32. The molecule has 1 atom stereocenters. The Labute approximate surface area is 143 Å². The molecule has 2 aromatic carbocycles. The van der Waals surface area contributed by atoms with E-state index in [0.717, 1.165) is 16.7 Å². The van der Waals surface area contributed by atoms with E-state index in [1.165, 1.54) is 0 Å². The molecule has 0 saturated carbocycles. The molecule has 0 spiro atoms. The van der Waals surface area contributed by atoms with Gasteiger partial charge in [0.1, 0.15) is 0 Å². The van der Waals surface area contributed by atoms with Crippen molar-refractivity contribution < 1.29 is 8.42 Å².